The van der Waals surface area contributed by atoms with Crippen molar-refractivity contribution in [2.24, 2.45) is 0 Å². The Kier molecular flexibility index (Phi) is 5.43. The van der Waals surface area contributed by atoms with E-state index in [1.165, 1.54) is 6.07 Å². The highest BCUT2D eigenvalue weighted by Crippen LogP contribution is 2.31. The fourth-order valence-corrected chi connectivity index (χ4v) is 3.04. The molecule has 29 heavy (non-hydrogen) atoms. The Morgan fingerprint density at radius 2 is 1.69 bits per heavy atom. The zero-order chi connectivity index (χ0) is 20.1. The summed E-state index contributed by atoms with van der Waals surface area (Å²) in [6, 6.07) is 24.1. The summed E-state index contributed by atoms with van der Waals surface area (Å²) in [7, 11) is 0. The molecule has 144 valence electrons. The van der Waals surface area contributed by atoms with Crippen LogP contribution < -0.4 is 14.9 Å². The number of rotatable bonds is 7. The minimum absolute atomic E-state index is 0.116. The van der Waals surface area contributed by atoms with Crippen molar-refractivity contribution in [3.8, 4) is 22.8 Å². The highest BCUT2D eigenvalue weighted by Gasteiger charge is 2.12. The van der Waals surface area contributed by atoms with Crippen molar-refractivity contribution in [3.63, 3.8) is 0 Å². The van der Waals surface area contributed by atoms with Crippen LogP contribution >= 0.6 is 0 Å². The highest BCUT2D eigenvalue weighted by atomic mass is 16.5. The second-order valence-corrected chi connectivity index (χ2v) is 6.50. The van der Waals surface area contributed by atoms with Gasteiger partial charge in [0.05, 0.1) is 10.9 Å². The molecule has 0 N–H and O–H groups in total. The molecule has 0 aliphatic carbocycles. The summed E-state index contributed by atoms with van der Waals surface area (Å²) >= 11 is 0. The van der Waals surface area contributed by atoms with Crippen molar-refractivity contribution in [2.75, 3.05) is 6.61 Å². The maximum Gasteiger partial charge on any atom is 0.193 e. The maximum atomic E-state index is 12.6. The van der Waals surface area contributed by atoms with Gasteiger partial charge in [-0.1, -0.05) is 55.1 Å². The molecule has 0 atom stereocenters. The van der Waals surface area contributed by atoms with Gasteiger partial charge in [-0.15, -0.1) is 0 Å². The first-order valence-electron chi connectivity index (χ1n) is 9.32. The smallest absolute Gasteiger partial charge is 0.193 e. The van der Waals surface area contributed by atoms with E-state index in [9.17, 15) is 4.79 Å². The molecule has 1 heterocycles. The second kappa shape index (κ2) is 8.48. The Bertz CT molecular complexity index is 1190. The molecule has 4 aromatic rings. The highest BCUT2D eigenvalue weighted by molar-refractivity contribution is 5.80. The van der Waals surface area contributed by atoms with Crippen LogP contribution in [-0.4, -0.2) is 6.61 Å². The van der Waals surface area contributed by atoms with Crippen LogP contribution in [0.15, 0.2) is 101 Å². The van der Waals surface area contributed by atoms with Crippen LogP contribution in [-0.2, 0) is 6.61 Å². The van der Waals surface area contributed by atoms with Crippen molar-refractivity contribution < 1.29 is 13.9 Å². The lowest BCUT2D eigenvalue weighted by Gasteiger charge is -2.11. The lowest BCUT2D eigenvalue weighted by molar-refractivity contribution is 0.306. The summed E-state index contributed by atoms with van der Waals surface area (Å²) in [5, 5.41) is 0.505. The number of fused-ring (bicyclic) bond motifs is 1. The SMILES string of the molecule is C=CCOc1ccccc1-c1cc(=O)c2ccc(OCc3ccccc3)cc2o1. The van der Waals surface area contributed by atoms with Gasteiger partial charge in [-0.2, -0.15) is 0 Å². The van der Waals surface area contributed by atoms with E-state index in [0.717, 1.165) is 5.56 Å². The topological polar surface area (TPSA) is 48.7 Å². The Balaban J connectivity index is 1.68. The third kappa shape index (κ3) is 4.22. The monoisotopic (exact) mass is 384 g/mol. The van der Waals surface area contributed by atoms with Gasteiger partial charge < -0.3 is 13.9 Å². The molecule has 0 radical (unpaired) electrons. The average Bonchev–Trinajstić information content (AvgIpc) is 2.77. The second-order valence-electron chi connectivity index (χ2n) is 6.50. The molecule has 0 fully saturated rings. The van der Waals surface area contributed by atoms with E-state index in [1.54, 1.807) is 24.3 Å². The number of ether oxygens (including phenoxy) is 2. The molecule has 4 rings (SSSR count). The number of hydrogen-bond acceptors (Lipinski definition) is 4. The normalized spacial score (nSPS) is 10.6. The van der Waals surface area contributed by atoms with Crippen LogP contribution in [0.2, 0.25) is 0 Å². The zero-order valence-corrected chi connectivity index (χ0v) is 15.8. The third-order valence-electron chi connectivity index (χ3n) is 4.46. The van der Waals surface area contributed by atoms with Gasteiger partial charge in [0.2, 0.25) is 0 Å². The Morgan fingerprint density at radius 3 is 2.52 bits per heavy atom. The van der Waals surface area contributed by atoms with Crippen LogP contribution in [0.3, 0.4) is 0 Å². The summed E-state index contributed by atoms with van der Waals surface area (Å²) in [5.74, 6) is 1.71. The van der Waals surface area contributed by atoms with Gasteiger partial charge in [0.15, 0.2) is 5.43 Å². The summed E-state index contributed by atoms with van der Waals surface area (Å²) in [6.45, 7) is 4.48. The van der Waals surface area contributed by atoms with Gasteiger partial charge in [0.25, 0.3) is 0 Å². The molecule has 0 amide bonds. The van der Waals surface area contributed by atoms with Crippen LogP contribution in [0.1, 0.15) is 5.56 Å². The maximum absolute atomic E-state index is 12.6. The van der Waals surface area contributed by atoms with E-state index >= 15 is 0 Å². The van der Waals surface area contributed by atoms with Crippen LogP contribution in [0, 0.1) is 0 Å². The molecule has 1 aromatic heterocycles. The van der Waals surface area contributed by atoms with Crippen LogP contribution in [0.4, 0.5) is 0 Å². The summed E-state index contributed by atoms with van der Waals surface area (Å²) in [5.41, 5.74) is 2.13. The van der Waals surface area contributed by atoms with Gasteiger partial charge >= 0.3 is 0 Å². The van der Waals surface area contributed by atoms with Gasteiger partial charge in [-0.3, -0.25) is 4.79 Å². The lowest BCUT2D eigenvalue weighted by Crippen LogP contribution is -2.02. The van der Waals surface area contributed by atoms with Gasteiger partial charge in [0, 0.05) is 12.1 Å². The number of para-hydroxylation sites is 1. The van der Waals surface area contributed by atoms with Crippen LogP contribution in [0.25, 0.3) is 22.3 Å². The quantitative estimate of drug-likeness (QED) is 0.389. The number of hydrogen-bond donors (Lipinski definition) is 0. The van der Waals surface area contributed by atoms with Crippen LogP contribution in [0.5, 0.6) is 11.5 Å². The van der Waals surface area contributed by atoms with Gasteiger partial charge in [0.1, 0.15) is 36.1 Å². The predicted octanol–water partition coefficient (Wildman–Crippen LogP) is 5.60. The molecule has 0 spiro atoms. The molecule has 4 heteroatoms. The van der Waals surface area contributed by atoms with E-state index < -0.39 is 0 Å². The van der Waals surface area contributed by atoms with Crippen molar-refractivity contribution >= 4 is 11.0 Å². The molecular weight excluding hydrogens is 364 g/mol. The molecule has 0 aliphatic rings. The lowest BCUT2D eigenvalue weighted by atomic mass is 10.1. The van der Waals surface area contributed by atoms with Gasteiger partial charge in [-0.25, -0.2) is 0 Å². The van der Waals surface area contributed by atoms with Crippen molar-refractivity contribution in [2.45, 2.75) is 6.61 Å². The fraction of sp³-hybridized carbons (Fsp3) is 0.0800. The minimum atomic E-state index is -0.116. The number of benzene rings is 3. The molecule has 0 saturated heterocycles. The Morgan fingerprint density at radius 1 is 0.897 bits per heavy atom. The standard InChI is InChI=1S/C25H20O4/c1-2-14-27-23-11-7-6-10-21(23)25-16-22(26)20-13-12-19(15-24(20)29-25)28-17-18-8-4-3-5-9-18/h2-13,15-16H,1,14,17H2. The molecule has 0 unspecified atom stereocenters. The zero-order valence-electron chi connectivity index (χ0n) is 15.8. The molecule has 0 saturated carbocycles. The Hall–Kier alpha value is -3.79. The van der Waals surface area contributed by atoms with Gasteiger partial charge in [-0.05, 0) is 29.8 Å². The van der Waals surface area contributed by atoms with Crippen molar-refractivity contribution in [1.29, 1.82) is 0 Å². The Labute approximate surface area is 168 Å². The summed E-state index contributed by atoms with van der Waals surface area (Å²) in [6.07, 6.45) is 1.67. The van der Waals surface area contributed by atoms with E-state index in [-0.39, 0.29) is 5.43 Å². The molecule has 3 aromatic carbocycles. The summed E-state index contributed by atoms with van der Waals surface area (Å²) in [4.78, 5) is 12.6. The molecular formula is C25H20O4. The largest absolute Gasteiger partial charge is 0.489 e. The molecule has 0 aliphatic heterocycles. The molecule has 0 bridgehead atoms. The predicted molar refractivity (Wildman–Crippen MR) is 114 cm³/mol. The fourth-order valence-electron chi connectivity index (χ4n) is 3.04. The third-order valence-corrected chi connectivity index (χ3v) is 4.46. The van der Waals surface area contributed by atoms with E-state index in [2.05, 4.69) is 6.58 Å². The first-order valence-corrected chi connectivity index (χ1v) is 9.32. The average molecular weight is 384 g/mol. The minimum Gasteiger partial charge on any atom is -0.489 e. The molecule has 4 nitrogen and oxygen atoms in total. The first kappa shape index (κ1) is 18.6. The van der Waals surface area contributed by atoms with E-state index in [4.69, 9.17) is 13.9 Å². The van der Waals surface area contributed by atoms with E-state index in [0.29, 0.717) is 47.0 Å². The van der Waals surface area contributed by atoms with Crippen molar-refractivity contribution in [1.82, 2.24) is 0 Å². The van der Waals surface area contributed by atoms with Crippen molar-refractivity contribution in [3.05, 3.63) is 107 Å². The summed E-state index contributed by atoms with van der Waals surface area (Å²) < 4.78 is 17.6. The first-order chi connectivity index (χ1) is 14.2. The van der Waals surface area contributed by atoms with E-state index in [1.807, 2.05) is 54.6 Å².